The van der Waals surface area contributed by atoms with E-state index in [1.807, 2.05) is 11.8 Å². The molecule has 0 radical (unpaired) electrons. The SMILES string of the molecule is Cc1ncsc1CCC(=O)N1CCC[C@@H]2CN(C(=O)c3ccc(C(F)(F)F)cc3)CC[C@@H]21. The maximum Gasteiger partial charge on any atom is 0.416 e. The molecule has 172 valence electrons. The number of amides is 2. The number of aromatic nitrogens is 1. The van der Waals surface area contributed by atoms with Gasteiger partial charge in [-0.25, -0.2) is 4.98 Å². The molecule has 2 fully saturated rings. The molecule has 3 heterocycles. The van der Waals surface area contributed by atoms with Crippen LogP contribution in [0.1, 0.15) is 52.2 Å². The fourth-order valence-electron chi connectivity index (χ4n) is 4.81. The van der Waals surface area contributed by atoms with Crippen LogP contribution in [0, 0.1) is 12.8 Å². The van der Waals surface area contributed by atoms with Crippen molar-refractivity contribution in [2.45, 2.75) is 51.2 Å². The fourth-order valence-corrected chi connectivity index (χ4v) is 5.59. The molecule has 0 bridgehead atoms. The van der Waals surface area contributed by atoms with E-state index in [0.29, 0.717) is 32.4 Å². The standard InChI is InChI=1S/C23H26F3N3O2S/c1-15-20(32-14-27-15)8-9-21(30)29-11-2-3-17-13-28(12-10-19(17)29)22(31)16-4-6-18(7-5-16)23(24,25)26/h4-7,14,17,19H,2-3,8-13H2,1H3/t17-,19+/m1/s1. The van der Waals surface area contributed by atoms with E-state index in [1.165, 1.54) is 12.1 Å². The van der Waals surface area contributed by atoms with E-state index >= 15 is 0 Å². The number of alkyl halides is 3. The van der Waals surface area contributed by atoms with Crippen molar-refractivity contribution in [3.8, 4) is 0 Å². The molecule has 2 aliphatic heterocycles. The molecule has 0 N–H and O–H groups in total. The van der Waals surface area contributed by atoms with E-state index in [0.717, 1.165) is 42.1 Å². The number of carbonyl (C=O) groups is 2. The first-order valence-electron chi connectivity index (χ1n) is 10.9. The third-order valence-electron chi connectivity index (χ3n) is 6.55. The second-order valence-electron chi connectivity index (χ2n) is 8.53. The van der Waals surface area contributed by atoms with Gasteiger partial charge in [0.25, 0.3) is 5.91 Å². The van der Waals surface area contributed by atoms with Crippen molar-refractivity contribution in [3.05, 3.63) is 51.5 Å². The number of thiazole rings is 1. The zero-order valence-electron chi connectivity index (χ0n) is 17.9. The highest BCUT2D eigenvalue weighted by atomic mass is 32.1. The van der Waals surface area contributed by atoms with Crippen LogP contribution in [-0.2, 0) is 17.4 Å². The number of halogens is 3. The number of piperidine rings is 2. The molecule has 0 aliphatic carbocycles. The molecule has 0 spiro atoms. The van der Waals surface area contributed by atoms with Crippen LogP contribution in [0.3, 0.4) is 0 Å². The van der Waals surface area contributed by atoms with Gasteiger partial charge < -0.3 is 9.80 Å². The van der Waals surface area contributed by atoms with E-state index in [4.69, 9.17) is 0 Å². The number of carbonyl (C=O) groups excluding carboxylic acids is 2. The number of fused-ring (bicyclic) bond motifs is 1. The van der Waals surface area contributed by atoms with Crippen LogP contribution in [0.5, 0.6) is 0 Å². The van der Waals surface area contributed by atoms with Crippen molar-refractivity contribution >= 4 is 23.2 Å². The van der Waals surface area contributed by atoms with Gasteiger partial charge in [-0.05, 0) is 62.8 Å². The van der Waals surface area contributed by atoms with Crippen LogP contribution in [0.2, 0.25) is 0 Å². The summed E-state index contributed by atoms with van der Waals surface area (Å²) < 4.78 is 38.4. The molecule has 2 amide bonds. The van der Waals surface area contributed by atoms with Gasteiger partial charge in [0, 0.05) is 42.5 Å². The van der Waals surface area contributed by atoms with Gasteiger partial charge in [-0.15, -0.1) is 11.3 Å². The van der Waals surface area contributed by atoms with Gasteiger partial charge in [0.1, 0.15) is 0 Å². The van der Waals surface area contributed by atoms with Crippen LogP contribution >= 0.6 is 11.3 Å². The van der Waals surface area contributed by atoms with Gasteiger partial charge in [0.05, 0.1) is 16.8 Å². The monoisotopic (exact) mass is 465 g/mol. The molecule has 5 nitrogen and oxygen atoms in total. The Morgan fingerprint density at radius 1 is 1.16 bits per heavy atom. The minimum atomic E-state index is -4.42. The Balaban J connectivity index is 1.37. The lowest BCUT2D eigenvalue weighted by Crippen LogP contribution is -2.56. The number of nitrogens with zero attached hydrogens (tertiary/aromatic N) is 3. The lowest BCUT2D eigenvalue weighted by atomic mass is 9.83. The Hall–Kier alpha value is -2.42. The number of benzene rings is 1. The summed E-state index contributed by atoms with van der Waals surface area (Å²) in [5.74, 6) is 0.0984. The summed E-state index contributed by atoms with van der Waals surface area (Å²) in [5.41, 5.74) is 2.28. The first kappa shape index (κ1) is 22.8. The summed E-state index contributed by atoms with van der Waals surface area (Å²) in [6.07, 6.45) is -0.727. The summed E-state index contributed by atoms with van der Waals surface area (Å²) in [6.45, 7) is 3.73. The van der Waals surface area contributed by atoms with E-state index in [-0.39, 0.29) is 29.3 Å². The third kappa shape index (κ3) is 4.82. The van der Waals surface area contributed by atoms with Crippen molar-refractivity contribution in [1.29, 1.82) is 0 Å². The fraction of sp³-hybridized carbons (Fsp3) is 0.522. The third-order valence-corrected chi connectivity index (χ3v) is 7.54. The number of rotatable bonds is 4. The van der Waals surface area contributed by atoms with Crippen molar-refractivity contribution in [1.82, 2.24) is 14.8 Å². The average molecular weight is 466 g/mol. The molecular formula is C23H26F3N3O2S. The highest BCUT2D eigenvalue weighted by Crippen LogP contribution is 2.33. The predicted octanol–water partition coefficient (Wildman–Crippen LogP) is 4.56. The van der Waals surface area contributed by atoms with Gasteiger partial charge in [0.15, 0.2) is 0 Å². The van der Waals surface area contributed by atoms with Crippen LogP contribution in [0.15, 0.2) is 29.8 Å². The number of aryl methyl sites for hydroxylation is 2. The number of hydrogen-bond acceptors (Lipinski definition) is 4. The molecular weight excluding hydrogens is 439 g/mol. The molecule has 2 atom stereocenters. The van der Waals surface area contributed by atoms with Gasteiger partial charge in [-0.2, -0.15) is 13.2 Å². The van der Waals surface area contributed by atoms with Gasteiger partial charge in [0.2, 0.25) is 5.91 Å². The van der Waals surface area contributed by atoms with E-state index in [9.17, 15) is 22.8 Å². The maximum absolute atomic E-state index is 12.9. The molecule has 9 heteroatoms. The molecule has 2 aromatic rings. The Bertz CT molecular complexity index is 974. The molecule has 1 aromatic heterocycles. The van der Waals surface area contributed by atoms with Crippen molar-refractivity contribution < 1.29 is 22.8 Å². The summed E-state index contributed by atoms with van der Waals surface area (Å²) >= 11 is 1.58. The summed E-state index contributed by atoms with van der Waals surface area (Å²) in [5, 5.41) is 0. The van der Waals surface area contributed by atoms with Crippen LogP contribution in [0.4, 0.5) is 13.2 Å². The topological polar surface area (TPSA) is 53.5 Å². The predicted molar refractivity (Wildman–Crippen MR) is 115 cm³/mol. The van der Waals surface area contributed by atoms with Crippen LogP contribution in [0.25, 0.3) is 0 Å². The average Bonchev–Trinajstić information content (AvgIpc) is 3.20. The van der Waals surface area contributed by atoms with Crippen molar-refractivity contribution in [3.63, 3.8) is 0 Å². The molecule has 0 unspecified atom stereocenters. The van der Waals surface area contributed by atoms with Gasteiger partial charge >= 0.3 is 6.18 Å². The minimum Gasteiger partial charge on any atom is -0.339 e. The largest absolute Gasteiger partial charge is 0.416 e. The summed E-state index contributed by atoms with van der Waals surface area (Å²) in [7, 11) is 0. The minimum absolute atomic E-state index is 0.121. The summed E-state index contributed by atoms with van der Waals surface area (Å²) in [6, 6.07) is 4.51. The molecule has 2 saturated heterocycles. The quantitative estimate of drug-likeness (QED) is 0.666. The molecule has 32 heavy (non-hydrogen) atoms. The summed E-state index contributed by atoms with van der Waals surface area (Å²) in [4.78, 5) is 34.9. The van der Waals surface area contributed by atoms with E-state index in [2.05, 4.69) is 4.98 Å². The second-order valence-corrected chi connectivity index (χ2v) is 9.47. The van der Waals surface area contributed by atoms with E-state index < -0.39 is 11.7 Å². The van der Waals surface area contributed by atoms with Crippen LogP contribution < -0.4 is 0 Å². The lowest BCUT2D eigenvalue weighted by Gasteiger charge is -2.47. The highest BCUT2D eigenvalue weighted by molar-refractivity contribution is 7.09. The van der Waals surface area contributed by atoms with Gasteiger partial charge in [-0.1, -0.05) is 0 Å². The number of likely N-dealkylation sites (tertiary alicyclic amines) is 2. The van der Waals surface area contributed by atoms with Crippen molar-refractivity contribution in [2.24, 2.45) is 5.92 Å². The van der Waals surface area contributed by atoms with Crippen molar-refractivity contribution in [2.75, 3.05) is 19.6 Å². The second kappa shape index (κ2) is 9.21. The normalized spacial score (nSPS) is 21.4. The maximum atomic E-state index is 12.9. The lowest BCUT2D eigenvalue weighted by molar-refractivity contribution is -0.138. The van der Waals surface area contributed by atoms with E-state index in [1.54, 1.807) is 21.7 Å². The smallest absolute Gasteiger partial charge is 0.339 e. The molecule has 0 saturated carbocycles. The Morgan fingerprint density at radius 3 is 2.56 bits per heavy atom. The molecule has 4 rings (SSSR count). The van der Waals surface area contributed by atoms with Gasteiger partial charge in [-0.3, -0.25) is 9.59 Å². The first-order valence-corrected chi connectivity index (χ1v) is 11.8. The zero-order chi connectivity index (χ0) is 22.9. The number of hydrogen-bond donors (Lipinski definition) is 0. The van der Waals surface area contributed by atoms with Crippen LogP contribution in [-0.4, -0.2) is 52.3 Å². The Labute approximate surface area is 189 Å². The highest BCUT2D eigenvalue weighted by Gasteiger charge is 2.39. The molecule has 2 aliphatic rings. The Morgan fingerprint density at radius 2 is 1.91 bits per heavy atom. The zero-order valence-corrected chi connectivity index (χ0v) is 18.7. The Kier molecular flexibility index (Phi) is 6.55. The first-order chi connectivity index (χ1) is 15.2. The molecule has 1 aromatic carbocycles.